The predicted octanol–water partition coefficient (Wildman–Crippen LogP) is 2.16. The van der Waals surface area contributed by atoms with Gasteiger partial charge in [0.1, 0.15) is 12.4 Å². The van der Waals surface area contributed by atoms with E-state index in [2.05, 4.69) is 46.8 Å². The first-order valence-electron chi connectivity index (χ1n) is 6.98. The van der Waals surface area contributed by atoms with E-state index in [1.807, 2.05) is 18.2 Å². The topological polar surface area (TPSA) is 45.7 Å². The molecule has 1 heterocycles. The first-order valence-corrected chi connectivity index (χ1v) is 6.98. The van der Waals surface area contributed by atoms with Crippen LogP contribution < -0.4 is 15.4 Å². The van der Waals surface area contributed by atoms with Gasteiger partial charge in [-0.15, -0.1) is 0 Å². The molecule has 1 atom stereocenters. The van der Waals surface area contributed by atoms with Gasteiger partial charge in [0.2, 0.25) is 0 Å². The standard InChI is InChI=1S/C16H19N3O/c1-12-11-18-16(19-12)17-8-9-20-15-7-6-13-4-2-3-5-14(13)10-15/h2-7,10,12H,8-9,11H2,1H3,(H2,17,18,19). The van der Waals surface area contributed by atoms with E-state index in [0.717, 1.165) is 24.8 Å². The summed E-state index contributed by atoms with van der Waals surface area (Å²) in [7, 11) is 0. The van der Waals surface area contributed by atoms with Crippen LogP contribution in [0.4, 0.5) is 0 Å². The SMILES string of the molecule is CC1CN=C(NCCOc2ccc3ccccc3c2)N1. The van der Waals surface area contributed by atoms with E-state index >= 15 is 0 Å². The first kappa shape index (κ1) is 12.8. The van der Waals surface area contributed by atoms with E-state index in [1.165, 1.54) is 10.8 Å². The van der Waals surface area contributed by atoms with Crippen LogP contribution in [0, 0.1) is 0 Å². The summed E-state index contributed by atoms with van der Waals surface area (Å²) in [5, 5.41) is 8.93. The molecule has 0 amide bonds. The molecule has 0 radical (unpaired) electrons. The second-order valence-corrected chi connectivity index (χ2v) is 5.02. The van der Waals surface area contributed by atoms with Gasteiger partial charge in [0.05, 0.1) is 13.1 Å². The summed E-state index contributed by atoms with van der Waals surface area (Å²) in [6, 6.07) is 14.9. The van der Waals surface area contributed by atoms with Crippen molar-refractivity contribution in [2.45, 2.75) is 13.0 Å². The minimum absolute atomic E-state index is 0.430. The number of ether oxygens (including phenoxy) is 1. The quantitative estimate of drug-likeness (QED) is 0.836. The maximum Gasteiger partial charge on any atom is 0.191 e. The van der Waals surface area contributed by atoms with E-state index in [1.54, 1.807) is 0 Å². The van der Waals surface area contributed by atoms with Crippen LogP contribution in [-0.4, -0.2) is 31.7 Å². The molecule has 104 valence electrons. The Labute approximate surface area is 118 Å². The van der Waals surface area contributed by atoms with Crippen molar-refractivity contribution >= 4 is 16.7 Å². The Morgan fingerprint density at radius 3 is 2.90 bits per heavy atom. The van der Waals surface area contributed by atoms with E-state index in [-0.39, 0.29) is 0 Å². The Kier molecular flexibility index (Phi) is 3.72. The number of nitrogens with zero attached hydrogens (tertiary/aromatic N) is 1. The smallest absolute Gasteiger partial charge is 0.191 e. The van der Waals surface area contributed by atoms with Crippen molar-refractivity contribution in [3.05, 3.63) is 42.5 Å². The highest BCUT2D eigenvalue weighted by Gasteiger charge is 2.10. The number of hydrogen-bond donors (Lipinski definition) is 2. The summed E-state index contributed by atoms with van der Waals surface area (Å²) in [5.74, 6) is 1.78. The monoisotopic (exact) mass is 269 g/mol. The molecule has 4 nitrogen and oxygen atoms in total. The molecule has 1 aliphatic rings. The molecule has 2 N–H and O–H groups in total. The zero-order chi connectivity index (χ0) is 13.8. The van der Waals surface area contributed by atoms with Gasteiger partial charge in [0.15, 0.2) is 5.96 Å². The summed E-state index contributed by atoms with van der Waals surface area (Å²) in [6.07, 6.45) is 0. The highest BCUT2D eigenvalue weighted by atomic mass is 16.5. The lowest BCUT2D eigenvalue weighted by molar-refractivity contribution is 0.322. The van der Waals surface area contributed by atoms with E-state index in [9.17, 15) is 0 Å². The van der Waals surface area contributed by atoms with Crippen LogP contribution in [0.25, 0.3) is 10.8 Å². The number of rotatable bonds is 4. The van der Waals surface area contributed by atoms with Crippen molar-refractivity contribution in [2.75, 3.05) is 19.7 Å². The van der Waals surface area contributed by atoms with Crippen LogP contribution in [-0.2, 0) is 0 Å². The average molecular weight is 269 g/mol. The van der Waals surface area contributed by atoms with Crippen molar-refractivity contribution in [2.24, 2.45) is 4.99 Å². The molecule has 0 saturated carbocycles. The molecule has 20 heavy (non-hydrogen) atoms. The first-order chi connectivity index (χ1) is 9.81. The molecule has 3 rings (SSSR count). The Bertz CT molecular complexity index is 624. The number of aliphatic imine (C=N–C) groups is 1. The van der Waals surface area contributed by atoms with Gasteiger partial charge in [0, 0.05) is 6.04 Å². The molecule has 2 aromatic carbocycles. The molecular formula is C16H19N3O. The van der Waals surface area contributed by atoms with Crippen molar-refractivity contribution in [1.82, 2.24) is 10.6 Å². The zero-order valence-corrected chi connectivity index (χ0v) is 11.6. The van der Waals surface area contributed by atoms with Crippen molar-refractivity contribution in [1.29, 1.82) is 0 Å². The minimum Gasteiger partial charge on any atom is -0.492 e. The summed E-state index contributed by atoms with van der Waals surface area (Å²) in [4.78, 5) is 4.34. The maximum absolute atomic E-state index is 5.76. The summed E-state index contributed by atoms with van der Waals surface area (Å²) >= 11 is 0. The molecule has 0 aliphatic carbocycles. The maximum atomic E-state index is 5.76. The van der Waals surface area contributed by atoms with Gasteiger partial charge < -0.3 is 15.4 Å². The molecule has 1 aliphatic heterocycles. The van der Waals surface area contributed by atoms with Crippen LogP contribution >= 0.6 is 0 Å². The molecule has 0 bridgehead atoms. The lowest BCUT2D eigenvalue weighted by Gasteiger charge is -2.10. The molecule has 0 aromatic heterocycles. The molecule has 0 spiro atoms. The fourth-order valence-corrected chi connectivity index (χ4v) is 2.26. The molecule has 4 heteroatoms. The fraction of sp³-hybridized carbons (Fsp3) is 0.312. The normalized spacial score (nSPS) is 17.6. The predicted molar refractivity (Wildman–Crippen MR) is 82.3 cm³/mol. The third kappa shape index (κ3) is 3.02. The number of hydrogen-bond acceptors (Lipinski definition) is 4. The van der Waals surface area contributed by atoms with Crippen LogP contribution in [0.15, 0.2) is 47.5 Å². The fourth-order valence-electron chi connectivity index (χ4n) is 2.26. The van der Waals surface area contributed by atoms with Crippen molar-refractivity contribution in [3.63, 3.8) is 0 Å². The zero-order valence-electron chi connectivity index (χ0n) is 11.6. The lowest BCUT2D eigenvalue weighted by Crippen LogP contribution is -2.39. The number of benzene rings is 2. The van der Waals surface area contributed by atoms with Crippen molar-refractivity contribution in [3.8, 4) is 5.75 Å². The van der Waals surface area contributed by atoms with Crippen LogP contribution in [0.5, 0.6) is 5.75 Å². The Morgan fingerprint density at radius 2 is 2.10 bits per heavy atom. The highest BCUT2D eigenvalue weighted by Crippen LogP contribution is 2.20. The number of guanidine groups is 1. The molecule has 0 fully saturated rings. The highest BCUT2D eigenvalue weighted by molar-refractivity contribution is 5.83. The third-order valence-corrected chi connectivity index (χ3v) is 3.29. The minimum atomic E-state index is 0.430. The van der Waals surface area contributed by atoms with Gasteiger partial charge in [-0.25, -0.2) is 0 Å². The van der Waals surface area contributed by atoms with Crippen LogP contribution in [0.2, 0.25) is 0 Å². The Balaban J connectivity index is 1.50. The van der Waals surface area contributed by atoms with Gasteiger partial charge in [-0.2, -0.15) is 0 Å². The largest absolute Gasteiger partial charge is 0.492 e. The molecule has 1 unspecified atom stereocenters. The van der Waals surface area contributed by atoms with Crippen LogP contribution in [0.3, 0.4) is 0 Å². The van der Waals surface area contributed by atoms with E-state index < -0.39 is 0 Å². The van der Waals surface area contributed by atoms with Gasteiger partial charge >= 0.3 is 0 Å². The number of fused-ring (bicyclic) bond motifs is 1. The number of nitrogens with one attached hydrogen (secondary N) is 2. The molecular weight excluding hydrogens is 250 g/mol. The summed E-state index contributed by atoms with van der Waals surface area (Å²) in [5.41, 5.74) is 0. The van der Waals surface area contributed by atoms with E-state index in [4.69, 9.17) is 4.74 Å². The lowest BCUT2D eigenvalue weighted by atomic mass is 10.1. The average Bonchev–Trinajstić information content (AvgIpc) is 2.89. The Morgan fingerprint density at radius 1 is 1.25 bits per heavy atom. The van der Waals surface area contributed by atoms with E-state index in [0.29, 0.717) is 12.6 Å². The molecule has 0 saturated heterocycles. The van der Waals surface area contributed by atoms with Gasteiger partial charge in [-0.05, 0) is 29.8 Å². The molecule has 2 aromatic rings. The van der Waals surface area contributed by atoms with Crippen LogP contribution in [0.1, 0.15) is 6.92 Å². The second kappa shape index (κ2) is 5.82. The summed E-state index contributed by atoms with van der Waals surface area (Å²) < 4.78 is 5.76. The third-order valence-electron chi connectivity index (χ3n) is 3.29. The van der Waals surface area contributed by atoms with Gasteiger partial charge in [-0.3, -0.25) is 4.99 Å². The Hall–Kier alpha value is -2.23. The van der Waals surface area contributed by atoms with Gasteiger partial charge in [0.25, 0.3) is 0 Å². The summed E-state index contributed by atoms with van der Waals surface area (Å²) in [6.45, 7) is 4.32. The van der Waals surface area contributed by atoms with Gasteiger partial charge in [-0.1, -0.05) is 30.3 Å². The van der Waals surface area contributed by atoms with Crippen molar-refractivity contribution < 1.29 is 4.74 Å². The second-order valence-electron chi connectivity index (χ2n) is 5.02.